The number of aromatic nitrogens is 1. The fourth-order valence-electron chi connectivity index (χ4n) is 2.54. The lowest BCUT2D eigenvalue weighted by Gasteiger charge is -2.11. The van der Waals surface area contributed by atoms with Gasteiger partial charge in [-0.15, -0.1) is 0 Å². The van der Waals surface area contributed by atoms with E-state index < -0.39 is 0 Å². The van der Waals surface area contributed by atoms with Crippen LogP contribution >= 0.6 is 0 Å². The highest BCUT2D eigenvalue weighted by molar-refractivity contribution is 6.05. The number of carbonyl (C=O) groups excluding carboxylic acids is 1. The van der Waals surface area contributed by atoms with E-state index in [-0.39, 0.29) is 17.5 Å². The quantitative estimate of drug-likeness (QED) is 0.575. The second-order valence-electron chi connectivity index (χ2n) is 6.02. The molecule has 0 atom stereocenters. The van der Waals surface area contributed by atoms with E-state index in [1.165, 1.54) is 12.1 Å². The molecule has 3 rings (SSSR count). The highest BCUT2D eigenvalue weighted by atomic mass is 19.1. The summed E-state index contributed by atoms with van der Waals surface area (Å²) in [6.45, 7) is 2.94. The predicted octanol–water partition coefficient (Wildman–Crippen LogP) is 4.07. The number of nitrogens with zero attached hydrogens (tertiary/aromatic N) is 1. The molecule has 0 saturated carbocycles. The highest BCUT2D eigenvalue weighted by Crippen LogP contribution is 2.21. The molecule has 0 unspecified atom stereocenters. The Morgan fingerprint density at radius 2 is 1.79 bits per heavy atom. The molecule has 4 N–H and O–H groups in total. The maximum absolute atomic E-state index is 12.9. The van der Waals surface area contributed by atoms with Gasteiger partial charge >= 0.3 is 0 Å². The van der Waals surface area contributed by atoms with Crippen LogP contribution in [-0.4, -0.2) is 17.5 Å². The van der Waals surface area contributed by atoms with E-state index in [9.17, 15) is 9.18 Å². The van der Waals surface area contributed by atoms with E-state index in [1.807, 2.05) is 6.92 Å². The molecule has 6 nitrogen and oxygen atoms in total. The van der Waals surface area contributed by atoms with Crippen LogP contribution in [0.3, 0.4) is 0 Å². The maximum atomic E-state index is 12.9. The van der Waals surface area contributed by atoms with Crippen molar-refractivity contribution in [2.45, 2.75) is 13.5 Å². The van der Waals surface area contributed by atoms with Crippen LogP contribution in [0.15, 0.2) is 60.7 Å². The molecular formula is C21H21FN4O2. The summed E-state index contributed by atoms with van der Waals surface area (Å²) in [5.74, 6) is 0.892. The SMILES string of the molecule is CCOc1ccc(C(=O)Nc2ccc(NCc3ccc(F)cc3)nc2N)cc1. The number of amides is 1. The van der Waals surface area contributed by atoms with Gasteiger partial charge in [-0.1, -0.05) is 12.1 Å². The molecule has 0 fully saturated rings. The minimum Gasteiger partial charge on any atom is -0.494 e. The molecule has 3 aromatic rings. The summed E-state index contributed by atoms with van der Waals surface area (Å²) in [5, 5.41) is 5.86. The van der Waals surface area contributed by atoms with Crippen LogP contribution in [0, 0.1) is 5.82 Å². The largest absolute Gasteiger partial charge is 0.494 e. The molecule has 0 radical (unpaired) electrons. The molecule has 0 aliphatic heterocycles. The van der Waals surface area contributed by atoms with E-state index >= 15 is 0 Å². The van der Waals surface area contributed by atoms with Gasteiger partial charge in [0.25, 0.3) is 5.91 Å². The summed E-state index contributed by atoms with van der Waals surface area (Å²) in [6, 6.07) is 16.4. The summed E-state index contributed by atoms with van der Waals surface area (Å²) in [7, 11) is 0. The third kappa shape index (κ3) is 4.97. The molecule has 1 amide bonds. The molecule has 7 heteroatoms. The number of carbonyl (C=O) groups is 1. The van der Waals surface area contributed by atoms with Crippen LogP contribution in [0.2, 0.25) is 0 Å². The Morgan fingerprint density at radius 1 is 1.07 bits per heavy atom. The number of rotatable bonds is 7. The number of hydrogen-bond acceptors (Lipinski definition) is 5. The minimum absolute atomic E-state index is 0.198. The molecule has 1 heterocycles. The lowest BCUT2D eigenvalue weighted by atomic mass is 10.2. The van der Waals surface area contributed by atoms with Crippen LogP contribution in [-0.2, 0) is 6.54 Å². The molecule has 2 aromatic carbocycles. The Bertz CT molecular complexity index is 944. The van der Waals surface area contributed by atoms with Crippen LogP contribution in [0.1, 0.15) is 22.8 Å². The zero-order valence-corrected chi connectivity index (χ0v) is 15.4. The fraction of sp³-hybridized carbons (Fsp3) is 0.143. The number of ether oxygens (including phenoxy) is 1. The number of nitrogens with one attached hydrogen (secondary N) is 2. The van der Waals surface area contributed by atoms with Crippen LogP contribution in [0.25, 0.3) is 0 Å². The maximum Gasteiger partial charge on any atom is 0.255 e. The molecule has 0 aliphatic carbocycles. The van der Waals surface area contributed by atoms with Crippen molar-refractivity contribution < 1.29 is 13.9 Å². The van der Waals surface area contributed by atoms with Gasteiger partial charge in [0.15, 0.2) is 0 Å². The monoisotopic (exact) mass is 380 g/mol. The average molecular weight is 380 g/mol. The number of halogens is 1. The molecule has 0 aliphatic rings. The first kappa shape index (κ1) is 19.2. The van der Waals surface area contributed by atoms with Gasteiger partial charge < -0.3 is 21.1 Å². The Hall–Kier alpha value is -3.61. The van der Waals surface area contributed by atoms with Crippen molar-refractivity contribution in [3.63, 3.8) is 0 Å². The number of benzene rings is 2. The molecule has 0 spiro atoms. The Labute approximate surface area is 162 Å². The first-order valence-corrected chi connectivity index (χ1v) is 8.84. The van der Waals surface area contributed by atoms with E-state index in [0.717, 1.165) is 5.56 Å². The molecular weight excluding hydrogens is 359 g/mol. The van der Waals surface area contributed by atoms with Crippen molar-refractivity contribution in [2.75, 3.05) is 23.0 Å². The summed E-state index contributed by atoms with van der Waals surface area (Å²) in [6.07, 6.45) is 0. The van der Waals surface area contributed by atoms with E-state index in [1.54, 1.807) is 48.5 Å². The van der Waals surface area contributed by atoms with Gasteiger partial charge in [0.2, 0.25) is 0 Å². The highest BCUT2D eigenvalue weighted by Gasteiger charge is 2.10. The van der Waals surface area contributed by atoms with Gasteiger partial charge in [-0.2, -0.15) is 0 Å². The number of nitrogens with two attached hydrogens (primary N) is 1. The summed E-state index contributed by atoms with van der Waals surface area (Å²) >= 11 is 0. The topological polar surface area (TPSA) is 89.3 Å². The number of pyridine rings is 1. The van der Waals surface area contributed by atoms with Crippen molar-refractivity contribution in [1.29, 1.82) is 0 Å². The van der Waals surface area contributed by atoms with Gasteiger partial charge in [0.1, 0.15) is 23.2 Å². The zero-order chi connectivity index (χ0) is 19.9. The number of hydrogen-bond donors (Lipinski definition) is 3. The normalized spacial score (nSPS) is 10.4. The first-order chi connectivity index (χ1) is 13.5. The van der Waals surface area contributed by atoms with Gasteiger partial charge in [0, 0.05) is 12.1 Å². The Morgan fingerprint density at radius 3 is 2.43 bits per heavy atom. The van der Waals surface area contributed by atoms with Gasteiger partial charge in [-0.25, -0.2) is 9.37 Å². The van der Waals surface area contributed by atoms with E-state index in [4.69, 9.17) is 10.5 Å². The summed E-state index contributed by atoms with van der Waals surface area (Å²) in [4.78, 5) is 16.6. The number of nitrogen functional groups attached to an aromatic ring is 1. The molecule has 1 aromatic heterocycles. The standard InChI is InChI=1S/C21H21FN4O2/c1-2-28-17-9-5-15(6-10-17)21(27)25-18-11-12-19(26-20(18)23)24-13-14-3-7-16(22)8-4-14/h3-12H,2,13H2,1H3,(H,25,27)(H3,23,24,26). The van der Waals surface area contributed by atoms with Crippen LogP contribution in [0.5, 0.6) is 5.75 Å². The fourth-order valence-corrected chi connectivity index (χ4v) is 2.54. The third-order valence-electron chi connectivity index (χ3n) is 3.99. The summed E-state index contributed by atoms with van der Waals surface area (Å²) < 4.78 is 18.3. The Kier molecular flexibility index (Phi) is 6.06. The van der Waals surface area contributed by atoms with Crippen LogP contribution in [0.4, 0.5) is 21.7 Å². The number of anilines is 3. The minimum atomic E-state index is -0.288. The van der Waals surface area contributed by atoms with Crippen molar-refractivity contribution in [2.24, 2.45) is 0 Å². The van der Waals surface area contributed by atoms with Crippen molar-refractivity contribution in [3.8, 4) is 5.75 Å². The summed E-state index contributed by atoms with van der Waals surface area (Å²) in [5.41, 5.74) is 7.79. The molecule has 0 saturated heterocycles. The second-order valence-corrected chi connectivity index (χ2v) is 6.02. The van der Waals surface area contributed by atoms with Crippen molar-refractivity contribution in [1.82, 2.24) is 4.98 Å². The first-order valence-electron chi connectivity index (χ1n) is 8.84. The van der Waals surface area contributed by atoms with Crippen molar-refractivity contribution >= 4 is 23.2 Å². The average Bonchev–Trinajstić information content (AvgIpc) is 2.70. The smallest absolute Gasteiger partial charge is 0.255 e. The van der Waals surface area contributed by atoms with Crippen molar-refractivity contribution in [3.05, 3.63) is 77.6 Å². The van der Waals surface area contributed by atoms with Gasteiger partial charge in [-0.3, -0.25) is 4.79 Å². The van der Waals surface area contributed by atoms with Gasteiger partial charge in [0.05, 0.1) is 12.3 Å². The van der Waals surface area contributed by atoms with Crippen LogP contribution < -0.4 is 21.1 Å². The zero-order valence-electron chi connectivity index (χ0n) is 15.4. The Balaban J connectivity index is 1.61. The lowest BCUT2D eigenvalue weighted by molar-refractivity contribution is 0.102. The van der Waals surface area contributed by atoms with Gasteiger partial charge in [-0.05, 0) is 61.0 Å². The third-order valence-corrected chi connectivity index (χ3v) is 3.99. The predicted molar refractivity (Wildman–Crippen MR) is 108 cm³/mol. The molecule has 0 bridgehead atoms. The molecule has 28 heavy (non-hydrogen) atoms. The second kappa shape index (κ2) is 8.85. The van der Waals surface area contributed by atoms with E-state index in [2.05, 4.69) is 15.6 Å². The molecule has 144 valence electrons. The lowest BCUT2D eigenvalue weighted by Crippen LogP contribution is -2.14. The van der Waals surface area contributed by atoms with E-state index in [0.29, 0.717) is 36.0 Å².